The molecule has 2 aromatic carbocycles. The first kappa shape index (κ1) is 21.6. The van der Waals surface area contributed by atoms with Crippen molar-refractivity contribution in [1.29, 1.82) is 0 Å². The Kier molecular flexibility index (Phi) is 5.59. The first-order valence-electron chi connectivity index (χ1n) is 10.6. The van der Waals surface area contributed by atoms with Crippen LogP contribution in [0.5, 0.6) is 0 Å². The summed E-state index contributed by atoms with van der Waals surface area (Å²) in [6, 6.07) is 14.0. The van der Waals surface area contributed by atoms with Gasteiger partial charge in [-0.3, -0.25) is 4.79 Å². The van der Waals surface area contributed by atoms with E-state index >= 15 is 0 Å². The van der Waals surface area contributed by atoms with Crippen LogP contribution < -0.4 is 4.90 Å². The van der Waals surface area contributed by atoms with Gasteiger partial charge in [0.25, 0.3) is 0 Å². The quantitative estimate of drug-likeness (QED) is 0.534. The summed E-state index contributed by atoms with van der Waals surface area (Å²) < 4.78 is 25.6. The monoisotopic (exact) mass is 485 g/mol. The number of benzene rings is 2. The van der Waals surface area contributed by atoms with Crippen molar-refractivity contribution in [2.45, 2.75) is 38.0 Å². The molecule has 3 aromatic rings. The zero-order valence-corrected chi connectivity index (χ0v) is 20.3. The molecular weight excluding hydrogens is 462 g/mol. The van der Waals surface area contributed by atoms with E-state index in [1.54, 1.807) is 11.3 Å². The molecule has 32 heavy (non-hydrogen) atoms. The molecule has 3 heterocycles. The van der Waals surface area contributed by atoms with Gasteiger partial charge < -0.3 is 4.90 Å². The average molecular weight is 486 g/mol. The molecule has 0 unspecified atom stereocenters. The molecule has 0 saturated carbocycles. The number of thioether (sulfide) groups is 1. The van der Waals surface area contributed by atoms with Crippen molar-refractivity contribution in [2.24, 2.45) is 4.99 Å². The molecule has 0 bridgehead atoms. The predicted molar refractivity (Wildman–Crippen MR) is 133 cm³/mol. The highest BCUT2D eigenvalue weighted by molar-refractivity contribution is 8.16. The third kappa shape index (κ3) is 4.09. The molecule has 9 heteroatoms. The Balaban J connectivity index is 1.48. The number of aromatic nitrogens is 1. The Bertz CT molecular complexity index is 1330. The van der Waals surface area contributed by atoms with E-state index in [9.17, 15) is 13.2 Å². The maximum absolute atomic E-state index is 12.2. The Morgan fingerprint density at radius 3 is 2.72 bits per heavy atom. The van der Waals surface area contributed by atoms with Gasteiger partial charge in [0.05, 0.1) is 27.8 Å². The fourth-order valence-corrected chi connectivity index (χ4v) is 9.16. The van der Waals surface area contributed by atoms with Crippen LogP contribution in [0.1, 0.15) is 25.3 Å². The molecule has 1 amide bonds. The van der Waals surface area contributed by atoms with Gasteiger partial charge in [-0.15, -0.1) is 11.3 Å². The SMILES string of the molecule is CCCC(=O)N=C1S[C@H]2CS(=O)(=O)C[C@H]2N1c1ccc(-c2nc3ccc(C)cc3s2)cc1. The second-order valence-electron chi connectivity index (χ2n) is 8.25. The number of rotatable bonds is 4. The summed E-state index contributed by atoms with van der Waals surface area (Å²) in [4.78, 5) is 23.2. The number of fused-ring (bicyclic) bond motifs is 2. The van der Waals surface area contributed by atoms with Gasteiger partial charge in [0.2, 0.25) is 5.91 Å². The van der Waals surface area contributed by atoms with E-state index in [4.69, 9.17) is 4.98 Å². The third-order valence-electron chi connectivity index (χ3n) is 5.69. The average Bonchev–Trinajstić information content (AvgIpc) is 3.37. The molecule has 2 aliphatic rings. The minimum atomic E-state index is -3.09. The van der Waals surface area contributed by atoms with E-state index in [1.807, 2.05) is 42.2 Å². The molecule has 2 atom stereocenters. The first-order chi connectivity index (χ1) is 15.3. The summed E-state index contributed by atoms with van der Waals surface area (Å²) in [6.45, 7) is 4.02. The van der Waals surface area contributed by atoms with Gasteiger partial charge >= 0.3 is 0 Å². The van der Waals surface area contributed by atoms with E-state index in [-0.39, 0.29) is 28.7 Å². The lowest BCUT2D eigenvalue weighted by Crippen LogP contribution is -2.37. The van der Waals surface area contributed by atoms with E-state index in [1.165, 1.54) is 17.3 Å². The molecule has 6 nitrogen and oxygen atoms in total. The molecule has 1 aromatic heterocycles. The van der Waals surface area contributed by atoms with E-state index in [0.717, 1.165) is 32.9 Å². The lowest BCUT2D eigenvalue weighted by molar-refractivity contribution is -0.117. The van der Waals surface area contributed by atoms with Gasteiger partial charge in [0, 0.05) is 22.9 Å². The summed E-state index contributed by atoms with van der Waals surface area (Å²) in [7, 11) is -3.09. The smallest absolute Gasteiger partial charge is 0.248 e. The highest BCUT2D eigenvalue weighted by Gasteiger charge is 2.49. The molecule has 0 aliphatic carbocycles. The van der Waals surface area contributed by atoms with Gasteiger partial charge in [0.1, 0.15) is 5.01 Å². The number of aryl methyl sites for hydroxylation is 1. The number of anilines is 1. The lowest BCUT2D eigenvalue weighted by Gasteiger charge is -2.24. The van der Waals surface area contributed by atoms with Crippen molar-refractivity contribution in [2.75, 3.05) is 16.4 Å². The number of thiazole rings is 1. The van der Waals surface area contributed by atoms with E-state index in [2.05, 4.69) is 24.0 Å². The van der Waals surface area contributed by atoms with Crippen LogP contribution in [0.2, 0.25) is 0 Å². The van der Waals surface area contributed by atoms with Crippen LogP contribution in [0.15, 0.2) is 47.5 Å². The summed E-state index contributed by atoms with van der Waals surface area (Å²) in [5.41, 5.74) is 4.06. The maximum atomic E-state index is 12.2. The normalized spacial score (nSPS) is 23.2. The van der Waals surface area contributed by atoms with Crippen molar-refractivity contribution < 1.29 is 13.2 Å². The number of sulfone groups is 1. The number of amidine groups is 1. The Hall–Kier alpha value is -2.23. The van der Waals surface area contributed by atoms with Gasteiger partial charge in [-0.2, -0.15) is 4.99 Å². The van der Waals surface area contributed by atoms with Gasteiger partial charge in [-0.25, -0.2) is 13.4 Å². The lowest BCUT2D eigenvalue weighted by atomic mass is 10.1. The fourth-order valence-electron chi connectivity index (χ4n) is 4.16. The number of aliphatic imine (C=N–C) groups is 1. The molecule has 2 fully saturated rings. The summed E-state index contributed by atoms with van der Waals surface area (Å²) in [6.07, 6.45) is 1.12. The second-order valence-corrected chi connectivity index (χ2v) is 12.6. The largest absolute Gasteiger partial charge is 0.316 e. The minimum absolute atomic E-state index is 0.0879. The number of nitrogens with zero attached hydrogens (tertiary/aromatic N) is 3. The summed E-state index contributed by atoms with van der Waals surface area (Å²) >= 11 is 3.07. The van der Waals surface area contributed by atoms with Crippen molar-refractivity contribution in [3.63, 3.8) is 0 Å². The zero-order chi connectivity index (χ0) is 22.5. The Labute approximate surface area is 195 Å². The van der Waals surface area contributed by atoms with Gasteiger partial charge in [0.15, 0.2) is 15.0 Å². The van der Waals surface area contributed by atoms with Crippen molar-refractivity contribution in [1.82, 2.24) is 4.98 Å². The van der Waals surface area contributed by atoms with Crippen LogP contribution in [0.4, 0.5) is 5.69 Å². The standard InChI is InChI=1S/C23H23N3O3S3/c1-3-4-21(27)25-23-26(18-12-32(28,29)13-20(18)31-23)16-8-6-15(7-9-16)22-24-17-10-5-14(2)11-19(17)30-22/h5-11,18,20H,3-4,12-13H2,1-2H3/t18-,20+/m1/s1. The van der Waals surface area contributed by atoms with Crippen LogP contribution in [0.25, 0.3) is 20.8 Å². The van der Waals surface area contributed by atoms with Crippen molar-refractivity contribution in [3.8, 4) is 10.6 Å². The number of hydrogen-bond donors (Lipinski definition) is 0. The second kappa shape index (κ2) is 8.28. The Morgan fingerprint density at radius 2 is 1.97 bits per heavy atom. The van der Waals surface area contributed by atoms with Crippen LogP contribution in [-0.4, -0.2) is 47.3 Å². The van der Waals surface area contributed by atoms with Crippen LogP contribution >= 0.6 is 23.1 Å². The number of carbonyl (C=O) groups is 1. The molecule has 0 N–H and O–H groups in total. The number of carbonyl (C=O) groups excluding carboxylic acids is 1. The number of hydrogen-bond acceptors (Lipinski definition) is 6. The predicted octanol–water partition coefficient (Wildman–Crippen LogP) is 4.67. The van der Waals surface area contributed by atoms with E-state index in [0.29, 0.717) is 11.6 Å². The molecule has 0 spiro atoms. The molecule has 166 valence electrons. The fraction of sp³-hybridized carbons (Fsp3) is 0.348. The molecular formula is C23H23N3O3S3. The molecule has 2 aliphatic heterocycles. The first-order valence-corrected chi connectivity index (χ1v) is 14.1. The number of amides is 1. The third-order valence-corrected chi connectivity index (χ3v) is 9.96. The highest BCUT2D eigenvalue weighted by Crippen LogP contribution is 2.41. The molecule has 5 rings (SSSR count). The van der Waals surface area contributed by atoms with Crippen molar-refractivity contribution >= 4 is 59.9 Å². The minimum Gasteiger partial charge on any atom is -0.316 e. The Morgan fingerprint density at radius 1 is 1.19 bits per heavy atom. The van der Waals surface area contributed by atoms with Crippen molar-refractivity contribution in [3.05, 3.63) is 48.0 Å². The van der Waals surface area contributed by atoms with E-state index < -0.39 is 9.84 Å². The topological polar surface area (TPSA) is 79.7 Å². The zero-order valence-electron chi connectivity index (χ0n) is 17.8. The molecule has 2 saturated heterocycles. The summed E-state index contributed by atoms with van der Waals surface area (Å²) in [5.74, 6) is 0.0532. The highest BCUT2D eigenvalue weighted by atomic mass is 32.2. The summed E-state index contributed by atoms with van der Waals surface area (Å²) in [5, 5.41) is 1.46. The van der Waals surface area contributed by atoms with Crippen LogP contribution in [-0.2, 0) is 14.6 Å². The van der Waals surface area contributed by atoms with Gasteiger partial charge in [-0.05, 0) is 55.3 Å². The maximum Gasteiger partial charge on any atom is 0.248 e. The molecule has 0 radical (unpaired) electrons. The van der Waals surface area contributed by atoms with Gasteiger partial charge in [-0.1, -0.05) is 24.8 Å². The van der Waals surface area contributed by atoms with Crippen LogP contribution in [0.3, 0.4) is 0 Å². The van der Waals surface area contributed by atoms with Crippen LogP contribution in [0, 0.1) is 6.92 Å².